The average Bonchev–Trinajstić information content (AvgIpc) is 3.61. The number of likely N-dealkylation sites (tertiary alicyclic amines) is 1. The Labute approximate surface area is 194 Å². The highest BCUT2D eigenvalue weighted by Gasteiger charge is 2.40. The second-order valence-corrected chi connectivity index (χ2v) is 8.77. The highest BCUT2D eigenvalue weighted by Crippen LogP contribution is 2.40. The molecule has 168 valence electrons. The van der Waals surface area contributed by atoms with Crippen molar-refractivity contribution in [1.29, 1.82) is 0 Å². The number of amides is 2. The van der Waals surface area contributed by atoms with Gasteiger partial charge in [0.15, 0.2) is 0 Å². The fourth-order valence-electron chi connectivity index (χ4n) is 4.27. The van der Waals surface area contributed by atoms with Gasteiger partial charge in [-0.3, -0.25) is 4.98 Å². The van der Waals surface area contributed by atoms with Gasteiger partial charge in [0.1, 0.15) is 5.75 Å². The zero-order valence-electron chi connectivity index (χ0n) is 18.8. The van der Waals surface area contributed by atoms with Crippen LogP contribution in [0.15, 0.2) is 72.6 Å². The van der Waals surface area contributed by atoms with Crippen molar-refractivity contribution < 1.29 is 9.53 Å². The number of carbonyl (C=O) groups is 1. The zero-order chi connectivity index (χ0) is 22.6. The fourth-order valence-corrected chi connectivity index (χ4v) is 4.27. The molecule has 2 heterocycles. The fraction of sp³-hybridized carbons (Fsp3) is 0.296. The summed E-state index contributed by atoms with van der Waals surface area (Å²) >= 11 is 0. The maximum Gasteiger partial charge on any atom is 0.317 e. The molecule has 2 fully saturated rings. The Bertz CT molecular complexity index is 1130. The number of aromatic nitrogens is 2. The van der Waals surface area contributed by atoms with Crippen LogP contribution in [0.5, 0.6) is 11.6 Å². The van der Waals surface area contributed by atoms with Crippen molar-refractivity contribution in [2.75, 3.05) is 13.1 Å². The number of benzene rings is 2. The first-order chi connectivity index (χ1) is 16.1. The van der Waals surface area contributed by atoms with Crippen LogP contribution in [0, 0.1) is 6.92 Å². The molecule has 6 heteroatoms. The van der Waals surface area contributed by atoms with Gasteiger partial charge in [0.25, 0.3) is 0 Å². The van der Waals surface area contributed by atoms with Crippen molar-refractivity contribution in [1.82, 2.24) is 20.2 Å². The average molecular weight is 441 g/mol. The predicted octanol–water partition coefficient (Wildman–Crippen LogP) is 5.32. The van der Waals surface area contributed by atoms with E-state index in [0.29, 0.717) is 11.8 Å². The van der Waals surface area contributed by atoms with Gasteiger partial charge in [-0.1, -0.05) is 54.1 Å². The topological polar surface area (TPSA) is 67.3 Å². The van der Waals surface area contributed by atoms with Crippen LogP contribution in [0.3, 0.4) is 0 Å². The van der Waals surface area contributed by atoms with Crippen LogP contribution in [-0.2, 0) is 0 Å². The lowest BCUT2D eigenvalue weighted by Crippen LogP contribution is -2.44. The van der Waals surface area contributed by atoms with Gasteiger partial charge in [-0.15, -0.1) is 0 Å². The Balaban J connectivity index is 1.13. The zero-order valence-corrected chi connectivity index (χ0v) is 18.8. The molecule has 1 saturated carbocycles. The third kappa shape index (κ3) is 5.40. The Hall–Kier alpha value is -3.67. The Morgan fingerprint density at radius 2 is 1.88 bits per heavy atom. The minimum Gasteiger partial charge on any atom is -0.437 e. The number of aryl methyl sites for hydroxylation is 1. The third-order valence-corrected chi connectivity index (χ3v) is 6.23. The van der Waals surface area contributed by atoms with E-state index in [-0.39, 0.29) is 12.1 Å². The lowest BCUT2D eigenvalue weighted by molar-refractivity contribution is 0.193. The van der Waals surface area contributed by atoms with Crippen LogP contribution in [-0.4, -0.2) is 40.0 Å². The number of hydrogen-bond acceptors (Lipinski definition) is 4. The van der Waals surface area contributed by atoms with E-state index in [1.807, 2.05) is 36.1 Å². The van der Waals surface area contributed by atoms with E-state index in [1.54, 1.807) is 12.4 Å². The van der Waals surface area contributed by atoms with Crippen LogP contribution in [0.1, 0.15) is 42.0 Å². The lowest BCUT2D eigenvalue weighted by atomic mass is 10.0. The summed E-state index contributed by atoms with van der Waals surface area (Å²) in [7, 11) is 0. The van der Waals surface area contributed by atoms with E-state index < -0.39 is 0 Å². The van der Waals surface area contributed by atoms with Crippen molar-refractivity contribution in [3.63, 3.8) is 0 Å². The predicted molar refractivity (Wildman–Crippen MR) is 128 cm³/mol. The monoisotopic (exact) mass is 440 g/mol. The summed E-state index contributed by atoms with van der Waals surface area (Å²) in [6.45, 7) is 3.39. The van der Waals surface area contributed by atoms with Crippen LogP contribution in [0.25, 0.3) is 6.08 Å². The molecule has 1 unspecified atom stereocenters. The largest absolute Gasteiger partial charge is 0.437 e. The minimum atomic E-state index is 0.0621. The number of carbonyl (C=O) groups excluding carboxylic acids is 1. The molecule has 1 aliphatic carbocycles. The Morgan fingerprint density at radius 1 is 1.06 bits per heavy atom. The molecule has 5 rings (SSSR count). The molecule has 0 radical (unpaired) electrons. The summed E-state index contributed by atoms with van der Waals surface area (Å²) in [6.07, 6.45) is 8.32. The van der Waals surface area contributed by atoms with Crippen LogP contribution < -0.4 is 10.1 Å². The number of nitrogens with one attached hydrogen (secondary N) is 1. The van der Waals surface area contributed by atoms with Crippen molar-refractivity contribution >= 4 is 12.1 Å². The SMILES string of the molecule is Cc1cnc(Oc2cccc(C=C3CCN(C(=O)NC4C[C@@H]4c4ccccc4)CC3)c2)cn1. The van der Waals surface area contributed by atoms with Gasteiger partial charge in [0.2, 0.25) is 5.88 Å². The van der Waals surface area contributed by atoms with Gasteiger partial charge in [-0.25, -0.2) is 9.78 Å². The lowest BCUT2D eigenvalue weighted by Gasteiger charge is -2.28. The van der Waals surface area contributed by atoms with Crippen LogP contribution in [0.2, 0.25) is 0 Å². The molecule has 2 aromatic carbocycles. The highest BCUT2D eigenvalue weighted by molar-refractivity contribution is 5.75. The van der Waals surface area contributed by atoms with E-state index >= 15 is 0 Å². The smallest absolute Gasteiger partial charge is 0.317 e. The van der Waals surface area contributed by atoms with E-state index in [9.17, 15) is 4.79 Å². The normalized spacial score (nSPS) is 19.7. The highest BCUT2D eigenvalue weighted by atomic mass is 16.5. The molecule has 0 bridgehead atoms. The summed E-state index contributed by atoms with van der Waals surface area (Å²) < 4.78 is 5.83. The summed E-state index contributed by atoms with van der Waals surface area (Å²) in [5.74, 6) is 1.67. The van der Waals surface area contributed by atoms with Gasteiger partial charge >= 0.3 is 6.03 Å². The molecular weight excluding hydrogens is 412 g/mol. The number of nitrogens with zero attached hydrogens (tertiary/aromatic N) is 3. The summed E-state index contributed by atoms with van der Waals surface area (Å²) in [6, 6.07) is 18.7. The van der Waals surface area contributed by atoms with Crippen molar-refractivity contribution in [2.45, 2.75) is 38.1 Å². The molecule has 1 aromatic heterocycles. The molecule has 2 atom stereocenters. The standard InChI is InChI=1S/C27H28N4O2/c1-19-17-29-26(18-28-19)33-23-9-5-6-21(15-23)14-20-10-12-31(13-11-20)27(32)30-25-16-24(25)22-7-3-2-4-8-22/h2-9,14-15,17-18,24-25H,10-13,16H2,1H3,(H,30,32)/t24-,25?/m1/s1. The third-order valence-electron chi connectivity index (χ3n) is 6.23. The summed E-state index contributed by atoms with van der Waals surface area (Å²) in [4.78, 5) is 23.1. The second-order valence-electron chi connectivity index (χ2n) is 8.77. The first-order valence-corrected chi connectivity index (χ1v) is 11.5. The Morgan fingerprint density at radius 3 is 2.64 bits per heavy atom. The minimum absolute atomic E-state index is 0.0621. The number of urea groups is 1. The number of rotatable bonds is 5. The van der Waals surface area contributed by atoms with Crippen LogP contribution >= 0.6 is 0 Å². The molecule has 0 spiro atoms. The van der Waals surface area contributed by atoms with Crippen molar-refractivity contribution in [2.24, 2.45) is 0 Å². The number of hydrogen-bond donors (Lipinski definition) is 1. The maximum absolute atomic E-state index is 12.7. The molecule has 1 saturated heterocycles. The van der Waals surface area contributed by atoms with E-state index in [0.717, 1.165) is 49.4 Å². The van der Waals surface area contributed by atoms with Gasteiger partial charge in [0.05, 0.1) is 18.1 Å². The van der Waals surface area contributed by atoms with Crippen LogP contribution in [0.4, 0.5) is 4.79 Å². The van der Waals surface area contributed by atoms with Gasteiger partial charge in [0, 0.05) is 25.0 Å². The Kier molecular flexibility index (Phi) is 6.07. The first-order valence-electron chi connectivity index (χ1n) is 11.5. The maximum atomic E-state index is 12.7. The molecule has 1 N–H and O–H groups in total. The van der Waals surface area contributed by atoms with Crippen molar-refractivity contribution in [3.05, 3.63) is 89.4 Å². The number of ether oxygens (including phenoxy) is 1. The molecule has 2 amide bonds. The van der Waals surface area contributed by atoms with Crippen molar-refractivity contribution in [3.8, 4) is 11.6 Å². The summed E-state index contributed by atoms with van der Waals surface area (Å²) in [5, 5.41) is 3.21. The molecular formula is C27H28N4O2. The van der Waals surface area contributed by atoms with Gasteiger partial charge in [-0.2, -0.15) is 0 Å². The van der Waals surface area contributed by atoms with E-state index in [2.05, 4.69) is 51.7 Å². The van der Waals surface area contributed by atoms with Gasteiger partial charge < -0.3 is 15.0 Å². The molecule has 33 heavy (non-hydrogen) atoms. The van der Waals surface area contributed by atoms with E-state index in [1.165, 1.54) is 11.1 Å². The summed E-state index contributed by atoms with van der Waals surface area (Å²) in [5.41, 5.74) is 4.60. The molecule has 3 aromatic rings. The quantitative estimate of drug-likeness (QED) is 0.583. The molecule has 6 nitrogen and oxygen atoms in total. The second kappa shape index (κ2) is 9.45. The van der Waals surface area contributed by atoms with Gasteiger partial charge in [-0.05, 0) is 49.4 Å². The number of piperidine rings is 1. The molecule has 2 aliphatic rings. The first kappa shape index (κ1) is 21.2. The molecule has 1 aliphatic heterocycles. The van der Waals surface area contributed by atoms with E-state index in [4.69, 9.17) is 4.74 Å².